The van der Waals surface area contributed by atoms with Gasteiger partial charge in [0.25, 0.3) is 11.8 Å². The van der Waals surface area contributed by atoms with Crippen molar-refractivity contribution in [3.8, 4) is 0 Å². The van der Waals surface area contributed by atoms with Crippen molar-refractivity contribution in [2.24, 2.45) is 0 Å². The predicted molar refractivity (Wildman–Crippen MR) is 89.2 cm³/mol. The van der Waals surface area contributed by atoms with Crippen molar-refractivity contribution in [2.45, 2.75) is 13.0 Å². The Bertz CT molecular complexity index is 784. The van der Waals surface area contributed by atoms with Crippen LogP contribution in [0.1, 0.15) is 27.6 Å². The first-order valence-electron chi connectivity index (χ1n) is 7.03. The monoisotopic (exact) mass is 372 g/mol. The fraction of sp³-hybridized carbons (Fsp3) is 0.118. The molecule has 0 radical (unpaired) electrons. The van der Waals surface area contributed by atoms with E-state index < -0.39 is 23.8 Å². The fourth-order valence-electron chi connectivity index (χ4n) is 2.48. The van der Waals surface area contributed by atoms with Crippen molar-refractivity contribution in [1.29, 1.82) is 0 Å². The van der Waals surface area contributed by atoms with Gasteiger partial charge in [-0.2, -0.15) is 0 Å². The van der Waals surface area contributed by atoms with E-state index in [0.29, 0.717) is 16.8 Å². The number of anilines is 1. The van der Waals surface area contributed by atoms with Crippen molar-refractivity contribution < 1.29 is 14.4 Å². The van der Waals surface area contributed by atoms with Crippen molar-refractivity contribution in [3.05, 3.63) is 64.1 Å². The van der Waals surface area contributed by atoms with E-state index in [-0.39, 0.29) is 0 Å². The van der Waals surface area contributed by atoms with Crippen LogP contribution in [-0.2, 0) is 4.79 Å². The molecule has 1 atom stereocenters. The van der Waals surface area contributed by atoms with Gasteiger partial charge in [-0.25, -0.2) is 0 Å². The summed E-state index contributed by atoms with van der Waals surface area (Å²) >= 11 is 3.34. The zero-order chi connectivity index (χ0) is 16.6. The lowest BCUT2D eigenvalue weighted by atomic mass is 10.1. The van der Waals surface area contributed by atoms with Crippen LogP contribution in [0.4, 0.5) is 5.69 Å². The molecule has 3 amide bonds. The zero-order valence-corrected chi connectivity index (χ0v) is 13.8. The molecule has 6 heteroatoms. The molecule has 2 aromatic carbocycles. The van der Waals surface area contributed by atoms with Crippen LogP contribution in [0.2, 0.25) is 0 Å². The minimum Gasteiger partial charge on any atom is -0.323 e. The minimum atomic E-state index is -0.908. The molecule has 0 aromatic heterocycles. The Labute approximate surface area is 141 Å². The first-order chi connectivity index (χ1) is 11.0. The van der Waals surface area contributed by atoms with Gasteiger partial charge in [-0.15, -0.1) is 0 Å². The molecule has 1 N–H and O–H groups in total. The SMILES string of the molecule is CC(C(=O)Nc1ccccc1Br)N1C(=O)c2ccccc2C1=O. The second-order valence-corrected chi connectivity index (χ2v) is 6.03. The molecule has 1 aliphatic heterocycles. The van der Waals surface area contributed by atoms with Crippen LogP contribution in [0.5, 0.6) is 0 Å². The van der Waals surface area contributed by atoms with Crippen molar-refractivity contribution in [3.63, 3.8) is 0 Å². The number of hydrogen-bond acceptors (Lipinski definition) is 3. The number of amides is 3. The summed E-state index contributed by atoms with van der Waals surface area (Å²) < 4.78 is 0.725. The maximum atomic E-state index is 12.4. The second-order valence-electron chi connectivity index (χ2n) is 5.17. The number of fused-ring (bicyclic) bond motifs is 1. The summed E-state index contributed by atoms with van der Waals surface area (Å²) in [6.45, 7) is 1.54. The van der Waals surface area contributed by atoms with Gasteiger partial charge in [0.1, 0.15) is 6.04 Å². The van der Waals surface area contributed by atoms with E-state index in [0.717, 1.165) is 9.37 Å². The molecule has 116 valence electrons. The van der Waals surface area contributed by atoms with Crippen LogP contribution in [0.3, 0.4) is 0 Å². The Balaban J connectivity index is 1.83. The number of benzene rings is 2. The standard InChI is InChI=1S/C17H13BrN2O3/c1-10(15(21)19-14-9-5-4-8-13(14)18)20-16(22)11-6-2-3-7-12(11)17(20)23/h2-10H,1H3,(H,19,21). The molecule has 0 spiro atoms. The Morgan fingerprint density at radius 2 is 1.52 bits per heavy atom. The number of rotatable bonds is 3. The van der Waals surface area contributed by atoms with Crippen molar-refractivity contribution in [1.82, 2.24) is 4.90 Å². The summed E-state index contributed by atoms with van der Waals surface area (Å²) in [5.74, 6) is -1.31. The quantitative estimate of drug-likeness (QED) is 0.841. The summed E-state index contributed by atoms with van der Waals surface area (Å²) in [5, 5.41) is 2.72. The Morgan fingerprint density at radius 3 is 2.09 bits per heavy atom. The third-order valence-corrected chi connectivity index (χ3v) is 4.42. The van der Waals surface area contributed by atoms with Gasteiger partial charge in [0.15, 0.2) is 0 Å². The Hall–Kier alpha value is -2.47. The number of hydrogen-bond donors (Lipinski definition) is 1. The van der Waals surface area contributed by atoms with Crippen LogP contribution in [0, 0.1) is 0 Å². The van der Waals surface area contributed by atoms with Crippen LogP contribution in [0.25, 0.3) is 0 Å². The smallest absolute Gasteiger partial charge is 0.262 e. The lowest BCUT2D eigenvalue weighted by Gasteiger charge is -2.22. The highest BCUT2D eigenvalue weighted by molar-refractivity contribution is 9.10. The molecular formula is C17H13BrN2O3. The average molecular weight is 373 g/mol. The number of nitrogens with one attached hydrogen (secondary N) is 1. The highest BCUT2D eigenvalue weighted by Crippen LogP contribution is 2.26. The van der Waals surface area contributed by atoms with E-state index >= 15 is 0 Å². The number of halogens is 1. The highest BCUT2D eigenvalue weighted by atomic mass is 79.9. The summed E-state index contributed by atoms with van der Waals surface area (Å²) in [6, 6.07) is 12.8. The number of carbonyl (C=O) groups excluding carboxylic acids is 3. The fourth-order valence-corrected chi connectivity index (χ4v) is 2.86. The average Bonchev–Trinajstić information content (AvgIpc) is 2.81. The Morgan fingerprint density at radius 1 is 1.00 bits per heavy atom. The third-order valence-electron chi connectivity index (χ3n) is 3.72. The summed E-state index contributed by atoms with van der Waals surface area (Å²) in [5.41, 5.74) is 1.25. The number of para-hydroxylation sites is 1. The molecule has 1 aliphatic rings. The topological polar surface area (TPSA) is 66.5 Å². The van der Waals surface area contributed by atoms with E-state index in [1.807, 2.05) is 6.07 Å². The van der Waals surface area contributed by atoms with Crippen LogP contribution in [-0.4, -0.2) is 28.7 Å². The second kappa shape index (κ2) is 5.96. The van der Waals surface area contributed by atoms with E-state index in [4.69, 9.17) is 0 Å². The zero-order valence-electron chi connectivity index (χ0n) is 12.2. The van der Waals surface area contributed by atoms with E-state index in [1.54, 1.807) is 42.5 Å². The van der Waals surface area contributed by atoms with Gasteiger partial charge in [-0.1, -0.05) is 24.3 Å². The van der Waals surface area contributed by atoms with Gasteiger partial charge in [0.2, 0.25) is 5.91 Å². The molecule has 23 heavy (non-hydrogen) atoms. The maximum Gasteiger partial charge on any atom is 0.262 e. The van der Waals surface area contributed by atoms with Crippen molar-refractivity contribution in [2.75, 3.05) is 5.32 Å². The summed E-state index contributed by atoms with van der Waals surface area (Å²) in [7, 11) is 0. The van der Waals surface area contributed by atoms with Gasteiger partial charge in [0.05, 0.1) is 16.8 Å². The van der Waals surface area contributed by atoms with Gasteiger partial charge < -0.3 is 5.32 Å². The normalized spacial score (nSPS) is 14.6. The first-order valence-corrected chi connectivity index (χ1v) is 7.82. The van der Waals surface area contributed by atoms with Gasteiger partial charge in [0, 0.05) is 4.47 Å². The molecule has 3 rings (SSSR count). The lowest BCUT2D eigenvalue weighted by molar-refractivity contribution is -0.119. The predicted octanol–water partition coefficient (Wildman–Crippen LogP) is 3.07. The maximum absolute atomic E-state index is 12.4. The lowest BCUT2D eigenvalue weighted by Crippen LogP contribution is -2.45. The molecule has 0 fully saturated rings. The first kappa shape index (κ1) is 15.4. The Kier molecular flexibility index (Phi) is 4.00. The molecule has 0 saturated heterocycles. The molecular weight excluding hydrogens is 360 g/mol. The number of nitrogens with zero attached hydrogens (tertiary/aromatic N) is 1. The molecule has 5 nitrogen and oxygen atoms in total. The van der Waals surface area contributed by atoms with E-state index in [1.165, 1.54) is 6.92 Å². The number of imide groups is 1. The molecule has 0 saturated carbocycles. The highest BCUT2D eigenvalue weighted by Gasteiger charge is 2.40. The largest absolute Gasteiger partial charge is 0.323 e. The van der Waals surface area contributed by atoms with E-state index in [9.17, 15) is 14.4 Å². The molecule has 0 aliphatic carbocycles. The summed E-state index contributed by atoms with van der Waals surface area (Å²) in [6.07, 6.45) is 0. The van der Waals surface area contributed by atoms with E-state index in [2.05, 4.69) is 21.2 Å². The minimum absolute atomic E-state index is 0.332. The van der Waals surface area contributed by atoms with Crippen LogP contribution < -0.4 is 5.32 Å². The van der Waals surface area contributed by atoms with Gasteiger partial charge >= 0.3 is 0 Å². The van der Waals surface area contributed by atoms with Crippen LogP contribution >= 0.6 is 15.9 Å². The molecule has 0 bridgehead atoms. The molecule has 1 heterocycles. The third kappa shape index (κ3) is 2.66. The number of carbonyl (C=O) groups is 3. The van der Waals surface area contributed by atoms with Crippen LogP contribution in [0.15, 0.2) is 53.0 Å². The van der Waals surface area contributed by atoms with Crippen molar-refractivity contribution >= 4 is 39.3 Å². The molecule has 1 unspecified atom stereocenters. The van der Waals surface area contributed by atoms with Gasteiger partial charge in [-0.3, -0.25) is 19.3 Å². The molecule has 2 aromatic rings. The summed E-state index contributed by atoms with van der Waals surface area (Å²) in [4.78, 5) is 38.2. The van der Waals surface area contributed by atoms with Gasteiger partial charge in [-0.05, 0) is 47.1 Å².